The first kappa shape index (κ1) is 12.1. The monoisotopic (exact) mass is 334 g/mol. The van der Waals surface area contributed by atoms with Gasteiger partial charge in [-0.05, 0) is 32.0 Å². The van der Waals surface area contributed by atoms with Gasteiger partial charge in [-0.15, -0.1) is 11.3 Å². The Morgan fingerprint density at radius 1 is 1.37 bits per heavy atom. The Bertz CT molecular complexity index is 637. The van der Waals surface area contributed by atoms with E-state index in [4.69, 9.17) is 4.98 Å². The zero-order valence-corrected chi connectivity index (χ0v) is 13.2. The van der Waals surface area contributed by atoms with Crippen molar-refractivity contribution in [2.45, 2.75) is 31.3 Å². The average molecular weight is 335 g/mol. The van der Waals surface area contributed by atoms with Crippen LogP contribution in [0.5, 0.6) is 0 Å². The highest BCUT2D eigenvalue weighted by molar-refractivity contribution is 9.10. The number of hydrogen-bond acceptors (Lipinski definition) is 3. The summed E-state index contributed by atoms with van der Waals surface area (Å²) in [6.07, 6.45) is 3.76. The van der Waals surface area contributed by atoms with Gasteiger partial charge < -0.3 is 0 Å². The second-order valence-corrected chi connectivity index (χ2v) is 7.40. The number of fused-ring (bicyclic) bond motifs is 4. The van der Waals surface area contributed by atoms with Crippen molar-refractivity contribution in [3.05, 3.63) is 39.3 Å². The lowest BCUT2D eigenvalue weighted by Crippen LogP contribution is -2.33. The second kappa shape index (κ2) is 4.40. The van der Waals surface area contributed by atoms with Gasteiger partial charge in [0, 0.05) is 33.4 Å². The number of nitrogens with zero attached hydrogens (tertiary/aromatic N) is 2. The van der Waals surface area contributed by atoms with Crippen molar-refractivity contribution in [3.8, 4) is 10.6 Å². The number of benzene rings is 1. The summed E-state index contributed by atoms with van der Waals surface area (Å²) in [6, 6.07) is 9.79. The van der Waals surface area contributed by atoms with Crippen LogP contribution < -0.4 is 0 Å². The molecule has 2 aromatic rings. The lowest BCUT2D eigenvalue weighted by Gasteiger charge is -2.29. The molecule has 4 heteroatoms. The van der Waals surface area contributed by atoms with Crippen LogP contribution in [0.1, 0.15) is 29.5 Å². The molecule has 98 valence electrons. The van der Waals surface area contributed by atoms with Crippen molar-refractivity contribution in [1.29, 1.82) is 0 Å². The van der Waals surface area contributed by atoms with E-state index in [9.17, 15) is 0 Å². The highest BCUT2D eigenvalue weighted by Gasteiger charge is 2.39. The van der Waals surface area contributed by atoms with Crippen molar-refractivity contribution in [2.24, 2.45) is 0 Å². The van der Waals surface area contributed by atoms with Gasteiger partial charge >= 0.3 is 0 Å². The zero-order chi connectivity index (χ0) is 13.0. The van der Waals surface area contributed by atoms with E-state index in [0.717, 1.165) is 16.9 Å². The van der Waals surface area contributed by atoms with Crippen molar-refractivity contribution < 1.29 is 0 Å². The van der Waals surface area contributed by atoms with Crippen LogP contribution in [0.3, 0.4) is 0 Å². The van der Waals surface area contributed by atoms with Crippen molar-refractivity contribution in [3.63, 3.8) is 0 Å². The number of hydrogen-bond donors (Lipinski definition) is 0. The highest BCUT2D eigenvalue weighted by atomic mass is 79.9. The van der Waals surface area contributed by atoms with Crippen LogP contribution in [-0.2, 0) is 6.42 Å². The molecule has 2 nitrogen and oxygen atoms in total. The summed E-state index contributed by atoms with van der Waals surface area (Å²) in [6.45, 7) is 0. The highest BCUT2D eigenvalue weighted by Crippen LogP contribution is 2.46. The van der Waals surface area contributed by atoms with Crippen molar-refractivity contribution in [1.82, 2.24) is 9.88 Å². The molecular formula is C15H15BrN2S. The molecule has 1 aromatic heterocycles. The Kier molecular flexibility index (Phi) is 2.79. The first-order valence-electron chi connectivity index (χ1n) is 6.70. The molecule has 2 bridgehead atoms. The minimum Gasteiger partial charge on any atom is -0.295 e. The largest absolute Gasteiger partial charge is 0.295 e. The quantitative estimate of drug-likeness (QED) is 0.774. The van der Waals surface area contributed by atoms with E-state index in [-0.39, 0.29) is 0 Å². The van der Waals surface area contributed by atoms with Crippen LogP contribution in [0.2, 0.25) is 0 Å². The second-order valence-electron chi connectivity index (χ2n) is 5.46. The third-order valence-corrected chi connectivity index (χ3v) is 6.11. The molecule has 2 atom stereocenters. The van der Waals surface area contributed by atoms with Crippen LogP contribution in [0.4, 0.5) is 0 Å². The van der Waals surface area contributed by atoms with Gasteiger partial charge in [0.2, 0.25) is 0 Å². The van der Waals surface area contributed by atoms with Gasteiger partial charge in [-0.3, -0.25) is 4.90 Å². The topological polar surface area (TPSA) is 16.1 Å². The van der Waals surface area contributed by atoms with Crippen molar-refractivity contribution >= 4 is 27.3 Å². The minimum absolute atomic E-state index is 0.618. The maximum atomic E-state index is 4.91. The van der Waals surface area contributed by atoms with Crippen molar-refractivity contribution in [2.75, 3.05) is 7.05 Å². The summed E-state index contributed by atoms with van der Waals surface area (Å²) in [4.78, 5) is 8.96. The summed E-state index contributed by atoms with van der Waals surface area (Å²) in [5.74, 6) is 0. The van der Waals surface area contributed by atoms with Gasteiger partial charge in [0.15, 0.2) is 0 Å². The maximum absolute atomic E-state index is 4.91. The van der Waals surface area contributed by atoms with Gasteiger partial charge in [-0.1, -0.05) is 28.1 Å². The molecule has 4 rings (SSSR count). The normalized spacial score (nSPS) is 25.6. The molecule has 0 saturated carbocycles. The standard InChI is InChI=1S/C15H15BrN2S/c1-18-11-5-6-13(18)14-12(8-11)17-15(19-14)9-3-2-4-10(16)7-9/h2-4,7,11,13H,5-6,8H2,1H3. The van der Waals surface area contributed by atoms with E-state index in [1.807, 2.05) is 11.3 Å². The molecule has 19 heavy (non-hydrogen) atoms. The van der Waals surface area contributed by atoms with E-state index in [2.05, 4.69) is 52.1 Å². The third-order valence-electron chi connectivity index (χ3n) is 4.37. The molecule has 0 N–H and O–H groups in total. The Morgan fingerprint density at radius 2 is 2.26 bits per heavy atom. The Labute approximate surface area is 125 Å². The fraction of sp³-hybridized carbons (Fsp3) is 0.400. The number of likely N-dealkylation sites (N-methyl/N-ethyl adjacent to an activating group) is 1. The lowest BCUT2D eigenvalue weighted by atomic mass is 10.1. The molecule has 1 fully saturated rings. The van der Waals surface area contributed by atoms with Gasteiger partial charge in [-0.25, -0.2) is 4.98 Å². The summed E-state index contributed by atoms with van der Waals surface area (Å²) in [5.41, 5.74) is 2.58. The Morgan fingerprint density at radius 3 is 3.11 bits per heavy atom. The molecule has 0 spiro atoms. The molecule has 3 heterocycles. The van der Waals surface area contributed by atoms with E-state index in [1.54, 1.807) is 0 Å². The van der Waals surface area contributed by atoms with Gasteiger partial charge in [0.25, 0.3) is 0 Å². The van der Waals surface area contributed by atoms with E-state index in [0.29, 0.717) is 6.04 Å². The van der Waals surface area contributed by atoms with Crippen LogP contribution in [-0.4, -0.2) is 23.0 Å². The zero-order valence-electron chi connectivity index (χ0n) is 10.8. The summed E-state index contributed by atoms with van der Waals surface area (Å²) >= 11 is 5.43. The number of halogens is 1. The number of rotatable bonds is 1. The molecule has 0 amide bonds. The average Bonchev–Trinajstić information content (AvgIpc) is 2.92. The fourth-order valence-corrected chi connectivity index (χ4v) is 4.99. The first-order valence-corrected chi connectivity index (χ1v) is 8.31. The maximum Gasteiger partial charge on any atom is 0.123 e. The number of aromatic nitrogens is 1. The Hall–Kier alpha value is -0.710. The molecule has 2 unspecified atom stereocenters. The predicted molar refractivity (Wildman–Crippen MR) is 82.5 cm³/mol. The Balaban J connectivity index is 1.78. The van der Waals surface area contributed by atoms with Crippen LogP contribution >= 0.6 is 27.3 Å². The van der Waals surface area contributed by atoms with Crippen LogP contribution in [0.15, 0.2) is 28.7 Å². The van der Waals surface area contributed by atoms with Gasteiger partial charge in [0.05, 0.1) is 5.69 Å². The minimum atomic E-state index is 0.618. The van der Waals surface area contributed by atoms with E-state index >= 15 is 0 Å². The van der Waals surface area contributed by atoms with Gasteiger partial charge in [-0.2, -0.15) is 0 Å². The molecule has 0 aliphatic carbocycles. The summed E-state index contributed by atoms with van der Waals surface area (Å²) in [7, 11) is 2.27. The lowest BCUT2D eigenvalue weighted by molar-refractivity contribution is 0.226. The molecule has 1 saturated heterocycles. The van der Waals surface area contributed by atoms with E-state index in [1.165, 1.54) is 34.0 Å². The van der Waals surface area contributed by atoms with Crippen LogP contribution in [0.25, 0.3) is 10.6 Å². The fourth-order valence-electron chi connectivity index (χ4n) is 3.31. The molecule has 0 radical (unpaired) electrons. The van der Waals surface area contributed by atoms with E-state index < -0.39 is 0 Å². The smallest absolute Gasteiger partial charge is 0.123 e. The predicted octanol–water partition coefficient (Wildman–Crippen LogP) is 4.26. The summed E-state index contributed by atoms with van der Waals surface area (Å²) in [5, 5.41) is 1.17. The molecule has 2 aliphatic heterocycles. The first-order chi connectivity index (χ1) is 9.22. The molecule has 1 aromatic carbocycles. The third kappa shape index (κ3) is 1.89. The van der Waals surface area contributed by atoms with Crippen LogP contribution in [0, 0.1) is 0 Å². The molecule has 2 aliphatic rings. The molecular weight excluding hydrogens is 320 g/mol. The van der Waals surface area contributed by atoms with Gasteiger partial charge in [0.1, 0.15) is 5.01 Å². The SMILES string of the molecule is CN1C2CCC1c1sc(-c3cccc(Br)c3)nc1C2. The summed E-state index contributed by atoms with van der Waals surface area (Å²) < 4.78 is 1.12. The number of thiazole rings is 1.